The predicted octanol–water partition coefficient (Wildman–Crippen LogP) is 4.27. The van der Waals surface area contributed by atoms with Crippen molar-refractivity contribution in [2.75, 3.05) is 13.4 Å². The van der Waals surface area contributed by atoms with Gasteiger partial charge in [-0.2, -0.15) is 0 Å². The number of hydrogen-bond acceptors (Lipinski definition) is 8. The molecule has 0 aliphatic carbocycles. The van der Waals surface area contributed by atoms with Crippen LogP contribution in [0.2, 0.25) is 0 Å². The van der Waals surface area contributed by atoms with Crippen LogP contribution in [0.3, 0.4) is 0 Å². The molecule has 39 heavy (non-hydrogen) atoms. The molecule has 1 fully saturated rings. The van der Waals surface area contributed by atoms with Crippen LogP contribution in [0.4, 0.5) is 0 Å². The molecule has 0 saturated carbocycles. The molecule has 10 heteroatoms. The summed E-state index contributed by atoms with van der Waals surface area (Å²) in [6.07, 6.45) is 3.94. The molecule has 204 valence electrons. The molecule has 2 atom stereocenters. The zero-order valence-electron chi connectivity index (χ0n) is 22.4. The molecule has 2 aromatic carbocycles. The Morgan fingerprint density at radius 1 is 1.15 bits per heavy atom. The Morgan fingerprint density at radius 3 is 2.90 bits per heavy atom. The van der Waals surface area contributed by atoms with Crippen molar-refractivity contribution in [1.82, 2.24) is 30.1 Å². The Morgan fingerprint density at radius 2 is 2.05 bits per heavy atom. The minimum atomic E-state index is -0.107. The summed E-state index contributed by atoms with van der Waals surface area (Å²) < 4.78 is 18.9. The second kappa shape index (κ2) is 11.2. The maximum atomic E-state index is 13.3. The number of aromatic nitrogens is 5. The summed E-state index contributed by atoms with van der Waals surface area (Å²) in [5, 5.41) is 13.9. The fourth-order valence-corrected chi connectivity index (χ4v) is 5.62. The molecule has 0 radical (unpaired) electrons. The molecular weight excluding hydrogens is 496 g/mol. The van der Waals surface area contributed by atoms with Crippen molar-refractivity contribution in [2.24, 2.45) is 0 Å². The van der Waals surface area contributed by atoms with Gasteiger partial charge in [0.15, 0.2) is 17.3 Å². The molecule has 0 unspecified atom stereocenters. The molecule has 1 saturated heterocycles. The number of pyridine rings is 1. The average molecular weight is 531 g/mol. The number of rotatable bonds is 10. The third-order valence-corrected chi connectivity index (χ3v) is 7.62. The first-order chi connectivity index (χ1) is 19.1. The molecule has 0 spiro atoms. The van der Waals surface area contributed by atoms with Crippen LogP contribution in [0.1, 0.15) is 61.2 Å². The van der Waals surface area contributed by atoms with Gasteiger partial charge in [-0.3, -0.25) is 9.69 Å². The van der Waals surface area contributed by atoms with Gasteiger partial charge in [-0.15, -0.1) is 5.10 Å². The molecule has 2 aliphatic rings. The first kappa shape index (κ1) is 25.5. The number of H-pyrrole nitrogens is 1. The minimum Gasteiger partial charge on any atom is -0.454 e. The van der Waals surface area contributed by atoms with Gasteiger partial charge >= 0.3 is 0 Å². The summed E-state index contributed by atoms with van der Waals surface area (Å²) in [5.74, 6) is 2.28. The Balaban J connectivity index is 1.37. The van der Waals surface area contributed by atoms with E-state index in [1.165, 1.54) is 0 Å². The molecule has 4 heterocycles. The zero-order chi connectivity index (χ0) is 26.8. The van der Waals surface area contributed by atoms with E-state index >= 15 is 0 Å². The first-order valence-electron chi connectivity index (χ1n) is 13.7. The summed E-state index contributed by atoms with van der Waals surface area (Å²) in [4.78, 5) is 18.7. The van der Waals surface area contributed by atoms with Gasteiger partial charge in [0.05, 0.1) is 24.2 Å². The van der Waals surface area contributed by atoms with Gasteiger partial charge in [-0.05, 0) is 71.3 Å². The van der Waals surface area contributed by atoms with Crippen molar-refractivity contribution >= 4 is 10.9 Å². The van der Waals surface area contributed by atoms with Gasteiger partial charge < -0.3 is 19.2 Å². The molecule has 2 aliphatic heterocycles. The number of para-hydroxylation sites is 1. The van der Waals surface area contributed by atoms with Crippen molar-refractivity contribution in [3.63, 3.8) is 0 Å². The topological polar surface area (TPSA) is 107 Å². The number of nitrogens with one attached hydrogen (secondary N) is 1. The Kier molecular flexibility index (Phi) is 7.30. The van der Waals surface area contributed by atoms with Crippen LogP contribution >= 0.6 is 0 Å². The number of benzene rings is 2. The Hall–Kier alpha value is -3.76. The van der Waals surface area contributed by atoms with Gasteiger partial charge in [-0.25, -0.2) is 4.68 Å². The molecular formula is C29H34N6O4. The van der Waals surface area contributed by atoms with Gasteiger partial charge in [0, 0.05) is 25.3 Å². The van der Waals surface area contributed by atoms with Crippen LogP contribution in [-0.2, 0) is 24.4 Å². The SMILES string of the molecule is CCC[C@H](c1nnnn1C[C@H]1CCCO1)N(Cc1ccc2c(c1)OCO2)Cc1cc2cccc(C)c2[nH]c1=O. The largest absolute Gasteiger partial charge is 0.454 e. The van der Waals surface area contributed by atoms with E-state index in [9.17, 15) is 4.79 Å². The summed E-state index contributed by atoms with van der Waals surface area (Å²) >= 11 is 0. The summed E-state index contributed by atoms with van der Waals surface area (Å²) in [5.41, 5.74) is 3.60. The second-order valence-electron chi connectivity index (χ2n) is 10.4. The van der Waals surface area contributed by atoms with Gasteiger partial charge in [0.2, 0.25) is 6.79 Å². The third kappa shape index (κ3) is 5.39. The van der Waals surface area contributed by atoms with Crippen LogP contribution in [0, 0.1) is 6.92 Å². The Bertz CT molecular complexity index is 1510. The van der Waals surface area contributed by atoms with E-state index in [0.29, 0.717) is 25.2 Å². The van der Waals surface area contributed by atoms with E-state index in [1.807, 2.05) is 54.1 Å². The van der Waals surface area contributed by atoms with E-state index < -0.39 is 0 Å². The van der Waals surface area contributed by atoms with Crippen molar-refractivity contribution in [1.29, 1.82) is 0 Å². The quantitative estimate of drug-likeness (QED) is 0.324. The van der Waals surface area contributed by atoms with Gasteiger partial charge in [-0.1, -0.05) is 37.6 Å². The number of tetrazole rings is 1. The lowest BCUT2D eigenvalue weighted by Gasteiger charge is -2.31. The summed E-state index contributed by atoms with van der Waals surface area (Å²) in [6.45, 7) is 6.81. The smallest absolute Gasteiger partial charge is 0.252 e. The zero-order valence-corrected chi connectivity index (χ0v) is 22.4. The summed E-state index contributed by atoms with van der Waals surface area (Å²) in [7, 11) is 0. The second-order valence-corrected chi connectivity index (χ2v) is 10.4. The highest BCUT2D eigenvalue weighted by atomic mass is 16.7. The number of ether oxygens (including phenoxy) is 3. The number of hydrogen-bond donors (Lipinski definition) is 1. The fraction of sp³-hybridized carbons (Fsp3) is 0.448. The molecule has 10 nitrogen and oxygen atoms in total. The van der Waals surface area contributed by atoms with E-state index in [4.69, 9.17) is 14.2 Å². The van der Waals surface area contributed by atoms with Crippen LogP contribution in [0.25, 0.3) is 10.9 Å². The minimum absolute atomic E-state index is 0.0818. The predicted molar refractivity (Wildman–Crippen MR) is 146 cm³/mol. The first-order valence-corrected chi connectivity index (χ1v) is 13.7. The normalized spacial score (nSPS) is 17.4. The molecule has 0 bridgehead atoms. The highest BCUT2D eigenvalue weighted by molar-refractivity contribution is 5.81. The standard InChI is InChI=1S/C29H34N6O4/c1-3-6-24(28-31-32-33-35(28)17-23-9-5-12-37-23)34(15-20-10-11-25-26(13-20)39-18-38-25)16-22-14-21-8-4-7-19(2)27(21)30-29(22)36/h4,7-8,10-11,13-14,23-24H,3,5-6,9,12,15-18H2,1-2H3,(H,30,36)/t23-,24-/m1/s1. The lowest BCUT2D eigenvalue weighted by Crippen LogP contribution is -2.33. The molecule has 0 amide bonds. The van der Waals surface area contributed by atoms with Crippen molar-refractivity contribution in [3.05, 3.63) is 75.3 Å². The molecule has 6 rings (SSSR count). The highest BCUT2D eigenvalue weighted by Gasteiger charge is 2.29. The number of fused-ring (bicyclic) bond motifs is 2. The third-order valence-electron chi connectivity index (χ3n) is 7.62. The van der Waals surface area contributed by atoms with E-state index in [0.717, 1.165) is 71.6 Å². The van der Waals surface area contributed by atoms with Crippen molar-refractivity contribution in [2.45, 2.75) is 71.3 Å². The monoisotopic (exact) mass is 530 g/mol. The van der Waals surface area contributed by atoms with Gasteiger partial charge in [0.1, 0.15) is 0 Å². The maximum Gasteiger partial charge on any atom is 0.252 e. The number of nitrogens with zero attached hydrogens (tertiary/aromatic N) is 5. The fourth-order valence-electron chi connectivity index (χ4n) is 5.62. The van der Waals surface area contributed by atoms with Crippen molar-refractivity contribution in [3.8, 4) is 11.5 Å². The highest BCUT2D eigenvalue weighted by Crippen LogP contribution is 2.35. The number of aromatic amines is 1. The van der Waals surface area contributed by atoms with Crippen LogP contribution in [0.5, 0.6) is 11.5 Å². The van der Waals surface area contributed by atoms with E-state index in [1.54, 1.807) is 0 Å². The maximum absolute atomic E-state index is 13.3. The van der Waals surface area contributed by atoms with E-state index in [-0.39, 0.29) is 24.5 Å². The van der Waals surface area contributed by atoms with E-state index in [2.05, 4.69) is 32.3 Å². The molecule has 2 aromatic heterocycles. The lowest BCUT2D eigenvalue weighted by atomic mass is 10.0. The summed E-state index contributed by atoms with van der Waals surface area (Å²) in [6, 6.07) is 14.0. The van der Waals surface area contributed by atoms with Crippen LogP contribution in [0.15, 0.2) is 47.3 Å². The van der Waals surface area contributed by atoms with Crippen LogP contribution < -0.4 is 15.0 Å². The van der Waals surface area contributed by atoms with Crippen molar-refractivity contribution < 1.29 is 14.2 Å². The van der Waals surface area contributed by atoms with Gasteiger partial charge in [0.25, 0.3) is 5.56 Å². The molecule has 4 aromatic rings. The number of aryl methyl sites for hydroxylation is 1. The molecule has 1 N–H and O–H groups in total. The average Bonchev–Trinajstić information content (AvgIpc) is 3.71. The van der Waals surface area contributed by atoms with Crippen LogP contribution in [-0.4, -0.2) is 49.6 Å². The lowest BCUT2D eigenvalue weighted by molar-refractivity contribution is 0.0885. The Labute approximate surface area is 226 Å².